The molecule has 2 aromatic carbocycles. The molecular weight excluding hydrogens is 337 g/mol. The number of aromatic hydroxyl groups is 1. The molecule has 1 heterocycles. The number of carbonyl (C=O) groups is 1. The van der Waals surface area contributed by atoms with Crippen LogP contribution >= 0.6 is 0 Å². The van der Waals surface area contributed by atoms with Gasteiger partial charge in [-0.3, -0.25) is 4.79 Å². The van der Waals surface area contributed by atoms with Gasteiger partial charge in [0, 0.05) is 17.5 Å². The Labute approximate surface area is 149 Å². The number of nitrogens with one attached hydrogen (secondary N) is 1. The summed E-state index contributed by atoms with van der Waals surface area (Å²) in [4.78, 5) is 24.5. The summed E-state index contributed by atoms with van der Waals surface area (Å²) in [6.45, 7) is 3.65. The topological polar surface area (TPSA) is 79.5 Å². The number of hydrogen-bond acceptors (Lipinski definition) is 4. The number of aryl methyl sites for hydroxylation is 2. The van der Waals surface area contributed by atoms with Crippen LogP contribution in [0.25, 0.3) is 11.0 Å². The summed E-state index contributed by atoms with van der Waals surface area (Å²) < 4.78 is 18.2. The summed E-state index contributed by atoms with van der Waals surface area (Å²) in [6, 6.07) is 9.00. The van der Waals surface area contributed by atoms with Gasteiger partial charge in [0.05, 0.1) is 12.0 Å². The van der Waals surface area contributed by atoms with Crippen molar-refractivity contribution < 1.29 is 18.7 Å². The van der Waals surface area contributed by atoms with Crippen molar-refractivity contribution in [1.29, 1.82) is 0 Å². The zero-order valence-corrected chi connectivity index (χ0v) is 14.4. The Morgan fingerprint density at radius 2 is 1.81 bits per heavy atom. The van der Waals surface area contributed by atoms with Crippen molar-refractivity contribution in [1.82, 2.24) is 5.32 Å². The second-order valence-corrected chi connectivity index (χ2v) is 6.16. The molecule has 2 N–H and O–H groups in total. The molecule has 0 aliphatic rings. The molecule has 0 atom stereocenters. The Morgan fingerprint density at radius 1 is 1.12 bits per heavy atom. The van der Waals surface area contributed by atoms with Gasteiger partial charge in [-0.25, -0.2) is 9.18 Å². The molecule has 0 aliphatic heterocycles. The van der Waals surface area contributed by atoms with Gasteiger partial charge in [0.1, 0.15) is 17.1 Å². The SMILES string of the molecule is Cc1c(CC(=O)NCc2ccc(F)cc2)c(=O)oc2c(C)c(O)ccc12. The number of halogens is 1. The predicted octanol–water partition coefficient (Wildman–Crippen LogP) is 3.11. The normalized spacial score (nSPS) is 10.9. The van der Waals surface area contributed by atoms with Gasteiger partial charge in [-0.05, 0) is 49.2 Å². The lowest BCUT2D eigenvalue weighted by molar-refractivity contribution is -0.120. The molecule has 0 radical (unpaired) electrons. The molecule has 0 fully saturated rings. The van der Waals surface area contributed by atoms with E-state index in [4.69, 9.17) is 4.42 Å². The molecule has 26 heavy (non-hydrogen) atoms. The summed E-state index contributed by atoms with van der Waals surface area (Å²) in [6.07, 6.45) is -0.120. The maximum absolute atomic E-state index is 12.9. The molecule has 5 nitrogen and oxygen atoms in total. The van der Waals surface area contributed by atoms with Crippen LogP contribution in [0, 0.1) is 19.7 Å². The van der Waals surface area contributed by atoms with Crippen LogP contribution in [-0.4, -0.2) is 11.0 Å². The number of amides is 1. The lowest BCUT2D eigenvalue weighted by Crippen LogP contribution is -2.27. The van der Waals surface area contributed by atoms with E-state index >= 15 is 0 Å². The third kappa shape index (κ3) is 3.44. The minimum atomic E-state index is -0.597. The van der Waals surface area contributed by atoms with Crippen LogP contribution in [0.5, 0.6) is 5.75 Å². The first-order valence-corrected chi connectivity index (χ1v) is 8.13. The van der Waals surface area contributed by atoms with Gasteiger partial charge in [-0.2, -0.15) is 0 Å². The van der Waals surface area contributed by atoms with Crippen molar-refractivity contribution in [3.63, 3.8) is 0 Å². The first kappa shape index (κ1) is 17.7. The van der Waals surface area contributed by atoms with Gasteiger partial charge in [0.2, 0.25) is 5.91 Å². The summed E-state index contributed by atoms with van der Waals surface area (Å²) in [5.74, 6) is -0.629. The van der Waals surface area contributed by atoms with Crippen molar-refractivity contribution in [2.75, 3.05) is 0 Å². The summed E-state index contributed by atoms with van der Waals surface area (Å²) in [5.41, 5.74) is 1.89. The molecule has 3 aromatic rings. The highest BCUT2D eigenvalue weighted by Gasteiger charge is 2.17. The van der Waals surface area contributed by atoms with Crippen molar-refractivity contribution in [2.24, 2.45) is 0 Å². The van der Waals surface area contributed by atoms with Crippen LogP contribution in [0.4, 0.5) is 4.39 Å². The van der Waals surface area contributed by atoms with Crippen molar-refractivity contribution >= 4 is 16.9 Å². The largest absolute Gasteiger partial charge is 0.508 e. The van der Waals surface area contributed by atoms with Crippen LogP contribution < -0.4 is 10.9 Å². The van der Waals surface area contributed by atoms with E-state index in [1.165, 1.54) is 18.2 Å². The Hall–Kier alpha value is -3.15. The van der Waals surface area contributed by atoms with Gasteiger partial charge in [-0.15, -0.1) is 0 Å². The van der Waals surface area contributed by atoms with Crippen molar-refractivity contribution in [2.45, 2.75) is 26.8 Å². The molecule has 1 amide bonds. The Bertz CT molecular complexity index is 1040. The minimum Gasteiger partial charge on any atom is -0.508 e. The lowest BCUT2D eigenvalue weighted by Gasteiger charge is -2.10. The first-order valence-electron chi connectivity index (χ1n) is 8.13. The molecule has 1 aromatic heterocycles. The molecule has 3 rings (SSSR count). The monoisotopic (exact) mass is 355 g/mol. The second kappa shape index (κ2) is 7.00. The van der Waals surface area contributed by atoms with Crippen LogP contribution in [0.2, 0.25) is 0 Å². The average molecular weight is 355 g/mol. The van der Waals surface area contributed by atoms with Crippen molar-refractivity contribution in [3.05, 3.63) is 74.9 Å². The molecular formula is C20H18FNO4. The quantitative estimate of drug-likeness (QED) is 0.705. The number of carbonyl (C=O) groups excluding carboxylic acids is 1. The molecule has 134 valence electrons. The van der Waals surface area contributed by atoms with Crippen LogP contribution in [-0.2, 0) is 17.8 Å². The molecule has 0 spiro atoms. The van der Waals surface area contributed by atoms with E-state index in [1.54, 1.807) is 32.0 Å². The molecule has 0 aliphatic carbocycles. The molecule has 0 bridgehead atoms. The number of rotatable bonds is 4. The second-order valence-electron chi connectivity index (χ2n) is 6.16. The average Bonchev–Trinajstić information content (AvgIpc) is 2.61. The summed E-state index contributed by atoms with van der Waals surface area (Å²) >= 11 is 0. The van der Waals surface area contributed by atoms with E-state index in [9.17, 15) is 19.1 Å². The number of phenols is 1. The van der Waals surface area contributed by atoms with E-state index in [2.05, 4.69) is 5.32 Å². The van der Waals surface area contributed by atoms with E-state index in [0.717, 1.165) is 5.56 Å². The zero-order valence-electron chi connectivity index (χ0n) is 14.4. The van der Waals surface area contributed by atoms with E-state index in [-0.39, 0.29) is 36.0 Å². The van der Waals surface area contributed by atoms with Gasteiger partial charge >= 0.3 is 5.63 Å². The van der Waals surface area contributed by atoms with Crippen LogP contribution in [0.15, 0.2) is 45.6 Å². The third-order valence-corrected chi connectivity index (χ3v) is 4.42. The number of hydrogen-bond donors (Lipinski definition) is 2. The zero-order chi connectivity index (χ0) is 18.8. The molecule has 0 saturated heterocycles. The highest BCUT2D eigenvalue weighted by molar-refractivity contribution is 5.87. The first-order chi connectivity index (χ1) is 12.4. The fourth-order valence-electron chi connectivity index (χ4n) is 2.81. The van der Waals surface area contributed by atoms with Gasteiger partial charge < -0.3 is 14.8 Å². The van der Waals surface area contributed by atoms with E-state index in [1.807, 2.05) is 0 Å². The fraction of sp³-hybridized carbons (Fsp3) is 0.200. The highest BCUT2D eigenvalue weighted by atomic mass is 19.1. The lowest BCUT2D eigenvalue weighted by atomic mass is 10.0. The van der Waals surface area contributed by atoms with Gasteiger partial charge in [0.25, 0.3) is 0 Å². The number of fused-ring (bicyclic) bond motifs is 1. The van der Waals surface area contributed by atoms with Gasteiger partial charge in [0.15, 0.2) is 0 Å². The molecule has 0 saturated carbocycles. The standard InChI is InChI=1S/C20H18FNO4/c1-11-15-7-8-17(23)12(2)19(15)26-20(25)16(11)9-18(24)22-10-13-3-5-14(21)6-4-13/h3-8,23H,9-10H2,1-2H3,(H,22,24). The van der Waals surface area contributed by atoms with E-state index < -0.39 is 5.63 Å². The highest BCUT2D eigenvalue weighted by Crippen LogP contribution is 2.28. The number of phenolic OH excluding ortho intramolecular Hbond substituents is 1. The van der Waals surface area contributed by atoms with Crippen LogP contribution in [0.1, 0.15) is 22.3 Å². The smallest absolute Gasteiger partial charge is 0.340 e. The van der Waals surface area contributed by atoms with Crippen molar-refractivity contribution in [3.8, 4) is 5.75 Å². The molecule has 6 heteroatoms. The van der Waals surface area contributed by atoms with Crippen LogP contribution in [0.3, 0.4) is 0 Å². The maximum Gasteiger partial charge on any atom is 0.340 e. The third-order valence-electron chi connectivity index (χ3n) is 4.42. The maximum atomic E-state index is 12.9. The number of benzene rings is 2. The Balaban J connectivity index is 1.82. The summed E-state index contributed by atoms with van der Waals surface area (Å²) in [7, 11) is 0. The molecule has 0 unspecified atom stereocenters. The summed E-state index contributed by atoms with van der Waals surface area (Å²) in [5, 5.41) is 13.1. The predicted molar refractivity (Wildman–Crippen MR) is 95.6 cm³/mol. The fourth-order valence-corrected chi connectivity index (χ4v) is 2.81. The Morgan fingerprint density at radius 3 is 2.50 bits per heavy atom. The minimum absolute atomic E-state index is 0.0461. The van der Waals surface area contributed by atoms with Gasteiger partial charge in [-0.1, -0.05) is 12.1 Å². The Kier molecular flexibility index (Phi) is 4.75. The van der Waals surface area contributed by atoms with E-state index in [0.29, 0.717) is 22.1 Å².